The lowest BCUT2D eigenvalue weighted by Gasteiger charge is -2.22. The Kier molecular flexibility index (Phi) is 4.37. The van der Waals surface area contributed by atoms with Gasteiger partial charge in [0.2, 0.25) is 0 Å². The van der Waals surface area contributed by atoms with Crippen molar-refractivity contribution in [2.24, 2.45) is 4.99 Å². The van der Waals surface area contributed by atoms with Gasteiger partial charge < -0.3 is 20.1 Å². The highest BCUT2D eigenvalue weighted by Crippen LogP contribution is 2.28. The van der Waals surface area contributed by atoms with Gasteiger partial charge in [0.15, 0.2) is 5.96 Å². The maximum absolute atomic E-state index is 9.99. The Morgan fingerprint density at radius 1 is 1.30 bits per heavy atom. The number of fused-ring (bicyclic) bond motifs is 1. The molecule has 2 aromatic rings. The van der Waals surface area contributed by atoms with Crippen molar-refractivity contribution >= 4 is 11.6 Å². The maximum Gasteiger partial charge on any atom is 0.198 e. The zero-order valence-electron chi connectivity index (χ0n) is 13.4. The van der Waals surface area contributed by atoms with E-state index in [1.165, 1.54) is 11.3 Å². The molecule has 1 heterocycles. The molecule has 3 rings (SSSR count). The van der Waals surface area contributed by atoms with E-state index in [0.717, 1.165) is 30.2 Å². The number of methoxy groups -OCH3 is 1. The number of para-hydroxylation sites is 1. The molecule has 0 saturated carbocycles. The van der Waals surface area contributed by atoms with Crippen molar-refractivity contribution in [3.05, 3.63) is 53.6 Å². The summed E-state index contributed by atoms with van der Waals surface area (Å²) in [7, 11) is 3.39. The Hall–Kier alpha value is -2.69. The fraction of sp³-hybridized carbons (Fsp3) is 0.278. The van der Waals surface area contributed by atoms with E-state index in [-0.39, 0.29) is 5.75 Å². The Balaban J connectivity index is 1.75. The molecule has 0 aromatic heterocycles. The molecule has 2 N–H and O–H groups in total. The molecule has 0 radical (unpaired) electrons. The zero-order chi connectivity index (χ0) is 16.2. The van der Waals surface area contributed by atoms with Gasteiger partial charge >= 0.3 is 0 Å². The normalized spacial score (nSPS) is 13.8. The van der Waals surface area contributed by atoms with Gasteiger partial charge in [-0.15, -0.1) is 0 Å². The summed E-state index contributed by atoms with van der Waals surface area (Å²) in [5, 5.41) is 13.3. The van der Waals surface area contributed by atoms with Gasteiger partial charge in [-0.3, -0.25) is 4.99 Å². The smallest absolute Gasteiger partial charge is 0.198 e. The van der Waals surface area contributed by atoms with Gasteiger partial charge in [-0.1, -0.05) is 18.2 Å². The number of ether oxygens (including phenoxy) is 1. The average molecular weight is 311 g/mol. The quantitative estimate of drug-likeness (QED) is 0.675. The van der Waals surface area contributed by atoms with E-state index >= 15 is 0 Å². The minimum Gasteiger partial charge on any atom is -0.508 e. The molecule has 2 aromatic carbocycles. The lowest BCUT2D eigenvalue weighted by molar-refractivity contribution is 0.410. The van der Waals surface area contributed by atoms with Crippen LogP contribution < -0.4 is 15.0 Å². The number of hydrogen-bond donors (Lipinski definition) is 2. The highest BCUT2D eigenvalue weighted by Gasteiger charge is 2.22. The summed E-state index contributed by atoms with van der Waals surface area (Å²) < 4.78 is 5.21. The molecule has 5 nitrogen and oxygen atoms in total. The van der Waals surface area contributed by atoms with Crippen molar-refractivity contribution in [2.75, 3.05) is 25.6 Å². The summed E-state index contributed by atoms with van der Waals surface area (Å²) in [6.45, 7) is 1.39. The number of nitrogens with zero attached hydrogens (tertiary/aromatic N) is 2. The first-order valence-corrected chi connectivity index (χ1v) is 7.65. The minimum atomic E-state index is 0.246. The summed E-state index contributed by atoms with van der Waals surface area (Å²) in [6, 6.07) is 13.6. The summed E-state index contributed by atoms with van der Waals surface area (Å²) in [4.78, 5) is 6.55. The highest BCUT2D eigenvalue weighted by atomic mass is 16.5. The van der Waals surface area contributed by atoms with Crippen LogP contribution in [0.25, 0.3) is 0 Å². The Morgan fingerprint density at radius 3 is 2.91 bits per heavy atom. The molecule has 0 fully saturated rings. The lowest BCUT2D eigenvalue weighted by atomic mass is 10.2. The van der Waals surface area contributed by atoms with E-state index < -0.39 is 0 Å². The number of hydrogen-bond acceptors (Lipinski definition) is 3. The number of phenolic OH excluding ortho intramolecular Hbond substituents is 1. The van der Waals surface area contributed by atoms with E-state index in [1.54, 1.807) is 26.3 Å². The second kappa shape index (κ2) is 6.60. The second-order valence-corrected chi connectivity index (χ2v) is 5.43. The van der Waals surface area contributed by atoms with Crippen molar-refractivity contribution in [1.82, 2.24) is 5.32 Å². The number of anilines is 1. The molecule has 1 aliphatic rings. The van der Waals surface area contributed by atoms with Crippen molar-refractivity contribution < 1.29 is 9.84 Å². The van der Waals surface area contributed by atoms with Crippen molar-refractivity contribution in [3.8, 4) is 11.5 Å². The molecule has 23 heavy (non-hydrogen) atoms. The third-order valence-corrected chi connectivity index (χ3v) is 4.08. The van der Waals surface area contributed by atoms with E-state index in [9.17, 15) is 5.11 Å². The van der Waals surface area contributed by atoms with Crippen LogP contribution in [0, 0.1) is 0 Å². The topological polar surface area (TPSA) is 57.1 Å². The number of aliphatic imine (C=N–C) groups is 1. The molecule has 0 spiro atoms. The van der Waals surface area contributed by atoms with Gasteiger partial charge in [-0.2, -0.15) is 0 Å². The summed E-state index contributed by atoms with van der Waals surface area (Å²) >= 11 is 0. The van der Waals surface area contributed by atoms with Crippen LogP contribution in [-0.4, -0.2) is 31.8 Å². The lowest BCUT2D eigenvalue weighted by Crippen LogP contribution is -2.40. The van der Waals surface area contributed by atoms with Crippen molar-refractivity contribution in [3.63, 3.8) is 0 Å². The van der Waals surface area contributed by atoms with Gasteiger partial charge in [0.25, 0.3) is 0 Å². The molecule has 120 valence electrons. The van der Waals surface area contributed by atoms with Gasteiger partial charge in [0, 0.05) is 31.4 Å². The van der Waals surface area contributed by atoms with Gasteiger partial charge in [0.1, 0.15) is 11.5 Å². The molecule has 5 heteroatoms. The molecular weight excluding hydrogens is 290 g/mol. The maximum atomic E-state index is 9.99. The monoisotopic (exact) mass is 311 g/mol. The zero-order valence-corrected chi connectivity index (χ0v) is 13.4. The van der Waals surface area contributed by atoms with Gasteiger partial charge in [0.05, 0.1) is 7.11 Å². The van der Waals surface area contributed by atoms with Gasteiger partial charge in [-0.25, -0.2) is 0 Å². The molecule has 0 unspecified atom stereocenters. The fourth-order valence-corrected chi connectivity index (χ4v) is 2.86. The van der Waals surface area contributed by atoms with Crippen LogP contribution in [0.15, 0.2) is 47.5 Å². The van der Waals surface area contributed by atoms with Crippen molar-refractivity contribution in [2.45, 2.75) is 13.0 Å². The molecule has 0 bridgehead atoms. The first kappa shape index (κ1) is 15.2. The van der Waals surface area contributed by atoms with Gasteiger partial charge in [-0.05, 0) is 36.2 Å². The molecule has 0 amide bonds. The van der Waals surface area contributed by atoms with Crippen LogP contribution >= 0.6 is 0 Å². The predicted molar refractivity (Wildman–Crippen MR) is 92.3 cm³/mol. The van der Waals surface area contributed by atoms with E-state index in [4.69, 9.17) is 4.74 Å². The SMILES string of the molecule is CN=C(NCc1cc(OC)ccc1O)N1CCc2ccccc21. The first-order chi connectivity index (χ1) is 11.2. The van der Waals surface area contributed by atoms with Crippen LogP contribution in [0.2, 0.25) is 0 Å². The largest absolute Gasteiger partial charge is 0.508 e. The van der Waals surface area contributed by atoms with Crippen LogP contribution in [0.4, 0.5) is 5.69 Å². The highest BCUT2D eigenvalue weighted by molar-refractivity contribution is 5.97. The standard InChI is InChI=1S/C18H21N3O2/c1-19-18(21-10-9-13-5-3-4-6-16(13)21)20-12-14-11-15(23-2)7-8-17(14)22/h3-8,11,22H,9-10,12H2,1-2H3,(H,19,20). The number of phenols is 1. The van der Waals surface area contributed by atoms with Crippen LogP contribution in [-0.2, 0) is 13.0 Å². The average Bonchev–Trinajstić information content (AvgIpc) is 3.01. The van der Waals surface area contributed by atoms with Crippen molar-refractivity contribution in [1.29, 1.82) is 0 Å². The first-order valence-electron chi connectivity index (χ1n) is 7.65. The fourth-order valence-electron chi connectivity index (χ4n) is 2.86. The molecule has 0 aliphatic carbocycles. The summed E-state index contributed by atoms with van der Waals surface area (Å²) in [6.07, 6.45) is 1.02. The number of guanidine groups is 1. The van der Waals surface area contributed by atoms with Crippen LogP contribution in [0.5, 0.6) is 11.5 Å². The summed E-state index contributed by atoms with van der Waals surface area (Å²) in [5.74, 6) is 1.77. The number of benzene rings is 2. The Labute approximate surface area is 136 Å². The molecule has 1 aliphatic heterocycles. The summed E-state index contributed by atoms with van der Waals surface area (Å²) in [5.41, 5.74) is 3.30. The van der Waals surface area contributed by atoms with Crippen LogP contribution in [0.3, 0.4) is 0 Å². The van der Waals surface area contributed by atoms with E-state index in [1.807, 2.05) is 12.1 Å². The molecular formula is C18H21N3O2. The number of nitrogens with one attached hydrogen (secondary N) is 1. The number of rotatable bonds is 3. The second-order valence-electron chi connectivity index (χ2n) is 5.43. The third-order valence-electron chi connectivity index (χ3n) is 4.08. The van der Waals surface area contributed by atoms with Crippen LogP contribution in [0.1, 0.15) is 11.1 Å². The number of aromatic hydroxyl groups is 1. The molecule has 0 atom stereocenters. The molecule has 0 saturated heterocycles. The third kappa shape index (κ3) is 3.08. The minimum absolute atomic E-state index is 0.246. The van der Waals surface area contributed by atoms with E-state index in [2.05, 4.69) is 33.4 Å². The Bertz CT molecular complexity index is 728. The van der Waals surface area contributed by atoms with E-state index in [0.29, 0.717) is 6.54 Å². The Morgan fingerprint density at radius 2 is 2.13 bits per heavy atom. The predicted octanol–water partition coefficient (Wildman–Crippen LogP) is 2.54.